The average Bonchev–Trinajstić information content (AvgIpc) is 1.20. The molecule has 5 nitrogen and oxygen atoms in total. The number of anilines is 9. The Morgan fingerprint density at radius 1 is 0.207 bits per heavy atom. The van der Waals surface area contributed by atoms with Gasteiger partial charge in [-0.05, 0) is 333 Å². The minimum absolute atomic E-state index is 0.0375. The SMILES string of the molecule is CC(C)(C)c1ccc2c(c1)C(C)(C)c1cc(-c3ccc4c(c3)c3ccccc3n4-c3ccccc3)ccc1N2c1ccc2c(c1)C(C)(C)c1ccccc1-2.CC1(C)c2ccccc2-c2ccc(N3c4ccc(Cl)cc4C(C)(C)c4cc(-c5ccc6c(c5)c5ccccc5n6-c5ccccc5)ccc43)cc21.Cc1ccc2c(c1)C(C)(C)c1cc(-c3ccc4sc5ccccc5c4c3)ccc1N2c1ccc2c(c1)C(C)(C)c1ccccc1-2. The second-order valence-corrected chi connectivity index (χ2v) is 48.1. The Balaban J connectivity index is 0.000000111. The van der Waals surface area contributed by atoms with E-state index in [0.717, 1.165) is 10.7 Å². The van der Waals surface area contributed by atoms with Gasteiger partial charge in [0.05, 0.1) is 56.2 Å². The van der Waals surface area contributed by atoms with Gasteiger partial charge in [0.2, 0.25) is 0 Å². The van der Waals surface area contributed by atoms with Crippen LogP contribution in [0.15, 0.2) is 425 Å². The monoisotopic (exact) mass is 1970 g/mol. The molecule has 0 amide bonds. The first-order valence-corrected chi connectivity index (χ1v) is 54.3. The molecule has 0 unspecified atom stereocenters. The zero-order chi connectivity index (χ0) is 102. The van der Waals surface area contributed by atoms with Crippen LogP contribution in [0.4, 0.5) is 51.2 Å². The van der Waals surface area contributed by atoms with Gasteiger partial charge >= 0.3 is 0 Å². The van der Waals surface area contributed by atoms with Gasteiger partial charge in [0.15, 0.2) is 0 Å². The lowest BCUT2D eigenvalue weighted by Crippen LogP contribution is -2.31. The molecule has 0 bridgehead atoms. The first kappa shape index (κ1) is 92.5. The van der Waals surface area contributed by atoms with E-state index in [4.69, 9.17) is 11.6 Å². The normalized spacial score (nSPS) is 15.2. The molecular formula is C143H118ClN5S. The number of thiophene rings is 1. The van der Waals surface area contributed by atoms with Crippen molar-refractivity contribution < 1.29 is 0 Å². The molecule has 728 valence electrons. The number of halogens is 1. The summed E-state index contributed by atoms with van der Waals surface area (Å²) in [6.45, 7) is 37.6. The smallest absolute Gasteiger partial charge is 0.0541 e. The molecule has 20 aromatic carbocycles. The number of benzene rings is 20. The maximum atomic E-state index is 6.75. The molecule has 23 aromatic rings. The van der Waals surface area contributed by atoms with Crippen molar-refractivity contribution in [2.45, 2.75) is 149 Å². The number of fused-ring (bicyclic) bond motifs is 24. The largest absolute Gasteiger partial charge is 0.310 e. The number of hydrogen-bond acceptors (Lipinski definition) is 4. The molecule has 7 heteroatoms. The van der Waals surface area contributed by atoms with Gasteiger partial charge in [0, 0.05) is 108 Å². The van der Waals surface area contributed by atoms with Crippen LogP contribution >= 0.6 is 22.9 Å². The van der Waals surface area contributed by atoms with Crippen molar-refractivity contribution in [3.8, 4) is 78.1 Å². The molecule has 150 heavy (non-hydrogen) atoms. The molecule has 3 aromatic heterocycles. The van der Waals surface area contributed by atoms with E-state index in [1.54, 1.807) is 0 Å². The Labute approximate surface area is 889 Å². The van der Waals surface area contributed by atoms with Crippen molar-refractivity contribution in [2.24, 2.45) is 0 Å². The van der Waals surface area contributed by atoms with Gasteiger partial charge in [-0.15, -0.1) is 11.3 Å². The maximum Gasteiger partial charge on any atom is 0.0541 e. The Bertz CT molecular complexity index is 9610. The molecular weight excluding hydrogens is 1860 g/mol. The minimum Gasteiger partial charge on any atom is -0.310 e. The van der Waals surface area contributed by atoms with E-state index in [9.17, 15) is 0 Å². The lowest BCUT2D eigenvalue weighted by atomic mass is 9.71. The van der Waals surface area contributed by atoms with Gasteiger partial charge in [-0.1, -0.05) is 364 Å². The molecule has 0 atom stereocenters. The first-order valence-electron chi connectivity index (χ1n) is 53.1. The number of nitrogens with zero attached hydrogens (tertiary/aromatic N) is 5. The second-order valence-electron chi connectivity index (χ2n) is 46.6. The van der Waals surface area contributed by atoms with Crippen LogP contribution in [0.25, 0.3) is 142 Å². The predicted molar refractivity (Wildman–Crippen MR) is 639 cm³/mol. The second kappa shape index (κ2) is 33.7. The third-order valence-corrected chi connectivity index (χ3v) is 36.1. The van der Waals surface area contributed by atoms with Crippen LogP contribution in [-0.2, 0) is 37.9 Å². The summed E-state index contributed by atoms with van der Waals surface area (Å²) >= 11 is 8.62. The quantitative estimate of drug-likeness (QED) is 0.151. The third-order valence-electron chi connectivity index (χ3n) is 34.7. The van der Waals surface area contributed by atoms with Crippen molar-refractivity contribution in [3.05, 3.63) is 508 Å². The summed E-state index contributed by atoms with van der Waals surface area (Å²) in [7, 11) is 0. The Hall–Kier alpha value is -16.1. The van der Waals surface area contributed by atoms with E-state index >= 15 is 0 Å². The molecule has 0 fully saturated rings. The fourth-order valence-electron chi connectivity index (χ4n) is 26.6. The highest BCUT2D eigenvalue weighted by atomic mass is 35.5. The molecule has 0 N–H and O–H groups in total. The third kappa shape index (κ3) is 14.1. The fraction of sp³-hybridized carbons (Fsp3) is 0.161. The number of aryl methyl sites for hydroxylation is 1. The number of aromatic nitrogens is 2. The van der Waals surface area contributed by atoms with Crippen molar-refractivity contribution in [3.63, 3.8) is 0 Å². The van der Waals surface area contributed by atoms with Gasteiger partial charge in [-0.3, -0.25) is 0 Å². The van der Waals surface area contributed by atoms with Crippen molar-refractivity contribution in [1.82, 2.24) is 9.13 Å². The van der Waals surface area contributed by atoms with Crippen molar-refractivity contribution in [1.29, 1.82) is 0 Å². The van der Waals surface area contributed by atoms with Crippen LogP contribution in [-0.4, -0.2) is 9.13 Å². The number of hydrogen-bond donors (Lipinski definition) is 0. The van der Waals surface area contributed by atoms with E-state index in [-0.39, 0.29) is 37.9 Å². The lowest BCUT2D eigenvalue weighted by molar-refractivity contribution is 0.580. The Kier molecular flexibility index (Phi) is 20.8. The fourth-order valence-corrected chi connectivity index (χ4v) is 27.8. The van der Waals surface area contributed by atoms with Crippen LogP contribution in [0.2, 0.25) is 5.02 Å². The first-order chi connectivity index (χ1) is 72.4. The lowest BCUT2D eigenvalue weighted by Gasteiger charge is -2.43. The molecule has 0 radical (unpaired) electrons. The summed E-state index contributed by atoms with van der Waals surface area (Å²) in [4.78, 5) is 7.49. The molecule has 0 spiro atoms. The van der Waals surface area contributed by atoms with Crippen LogP contribution < -0.4 is 14.7 Å². The molecule has 6 aliphatic rings. The molecule has 3 aliphatic heterocycles. The van der Waals surface area contributed by atoms with Crippen LogP contribution in [0.5, 0.6) is 0 Å². The highest BCUT2D eigenvalue weighted by Gasteiger charge is 2.46. The van der Waals surface area contributed by atoms with Gasteiger partial charge in [0.1, 0.15) is 0 Å². The topological polar surface area (TPSA) is 19.6 Å². The zero-order valence-corrected chi connectivity index (χ0v) is 89.5. The van der Waals surface area contributed by atoms with Crippen LogP contribution in [0.1, 0.15) is 182 Å². The van der Waals surface area contributed by atoms with Crippen LogP contribution in [0, 0.1) is 6.92 Å². The van der Waals surface area contributed by atoms with Gasteiger partial charge < -0.3 is 23.8 Å². The number of rotatable bonds is 8. The maximum absolute atomic E-state index is 6.75. The molecule has 0 saturated heterocycles. The van der Waals surface area contributed by atoms with E-state index in [1.807, 2.05) is 17.4 Å². The Morgan fingerprint density at radius 3 is 0.933 bits per heavy atom. The Morgan fingerprint density at radius 2 is 0.507 bits per heavy atom. The molecule has 29 rings (SSSR count). The summed E-state index contributed by atoms with van der Waals surface area (Å²) in [5.41, 5.74) is 51.8. The zero-order valence-electron chi connectivity index (χ0n) is 87.9. The summed E-state index contributed by atoms with van der Waals surface area (Å²) in [5.74, 6) is 0. The van der Waals surface area contributed by atoms with E-state index in [2.05, 4.69) is 553 Å². The number of para-hydroxylation sites is 4. The van der Waals surface area contributed by atoms with Gasteiger partial charge in [0.25, 0.3) is 0 Å². The van der Waals surface area contributed by atoms with Gasteiger partial charge in [-0.25, -0.2) is 0 Å². The molecule has 0 saturated carbocycles. The van der Waals surface area contributed by atoms with Crippen molar-refractivity contribution >= 4 is 138 Å². The molecule has 3 aliphatic carbocycles. The van der Waals surface area contributed by atoms with E-state index in [0.29, 0.717) is 0 Å². The van der Waals surface area contributed by atoms with E-state index in [1.165, 1.54) is 265 Å². The summed E-state index contributed by atoms with van der Waals surface area (Å²) < 4.78 is 7.46. The van der Waals surface area contributed by atoms with Crippen LogP contribution in [0.3, 0.4) is 0 Å². The standard InChI is InChI=1S/C52H46N2.C48H37ClN2.C43H35NS/c1-50(2,3)35-23-28-49-45(31-35)52(6,7)44-30-34(33-21-26-47-41(29-33)40-18-12-14-20-46(40)53(47)36-15-9-8-10-16-36)22-27-48(44)54(49)37-24-25-39-38-17-11-13-19-42(38)51(4,5)43(39)32-37;1-47(2)39-16-10-8-14-35(39)36-22-21-34(29-40(36)47)51-45-24-19-31(27-41(45)48(3,4)42-28-32(49)20-25-46(42)51)30-18-23-44-38(26-30)37-15-9-11-17-43(37)50(44)33-12-6-5-7-13-33;1-26-14-19-38-36(22-26)43(4,5)37-24-28(27-16-21-41-33(23-27)32-11-7-9-13-40(32)45-41)15-20-39(37)44(38)29-17-18-31-30-10-6-8-12-34(30)42(2,3)35(31)25-29/h8-32H,1-7H3;5-29H,1-4H3;6-25H,1-5H3. The minimum atomic E-state index is -0.276. The van der Waals surface area contributed by atoms with Gasteiger partial charge in [-0.2, -0.15) is 0 Å². The predicted octanol–water partition coefficient (Wildman–Crippen LogP) is 40.1. The van der Waals surface area contributed by atoms with E-state index < -0.39 is 0 Å². The average molecular weight is 1970 g/mol. The van der Waals surface area contributed by atoms with Crippen molar-refractivity contribution in [2.75, 3.05) is 14.7 Å². The summed E-state index contributed by atoms with van der Waals surface area (Å²) in [6.07, 6.45) is 0. The highest BCUT2D eigenvalue weighted by molar-refractivity contribution is 7.25. The summed E-state index contributed by atoms with van der Waals surface area (Å²) in [5, 5.41) is 8.49. The molecule has 6 heterocycles. The highest BCUT2D eigenvalue weighted by Crippen LogP contribution is 2.62. The summed E-state index contributed by atoms with van der Waals surface area (Å²) in [6, 6.07) is 159.